The van der Waals surface area contributed by atoms with Crippen molar-refractivity contribution in [2.45, 2.75) is 32.1 Å². The Labute approximate surface area is 135 Å². The van der Waals surface area contributed by atoms with E-state index in [4.69, 9.17) is 5.11 Å². The predicted molar refractivity (Wildman–Crippen MR) is 83.2 cm³/mol. The summed E-state index contributed by atoms with van der Waals surface area (Å²) in [4.78, 5) is 39.2. The summed E-state index contributed by atoms with van der Waals surface area (Å²) >= 11 is 0. The number of hydrogen-bond acceptors (Lipinski definition) is 3. The van der Waals surface area contributed by atoms with Gasteiger partial charge in [0.2, 0.25) is 11.8 Å². The van der Waals surface area contributed by atoms with Crippen LogP contribution in [0.25, 0.3) is 0 Å². The topological polar surface area (TPSA) is 77.9 Å². The van der Waals surface area contributed by atoms with Crippen molar-refractivity contribution >= 4 is 17.8 Å². The molecule has 1 atom stereocenters. The number of carboxylic acid groups (broad SMARTS) is 1. The van der Waals surface area contributed by atoms with Crippen molar-refractivity contribution in [2.24, 2.45) is 11.8 Å². The molecule has 2 fully saturated rings. The van der Waals surface area contributed by atoms with Gasteiger partial charge < -0.3 is 14.9 Å². The van der Waals surface area contributed by atoms with Gasteiger partial charge in [-0.15, -0.1) is 0 Å². The van der Waals surface area contributed by atoms with E-state index in [9.17, 15) is 14.4 Å². The second kappa shape index (κ2) is 6.56. The largest absolute Gasteiger partial charge is 0.481 e. The van der Waals surface area contributed by atoms with Crippen molar-refractivity contribution in [1.29, 1.82) is 0 Å². The van der Waals surface area contributed by atoms with Crippen LogP contribution in [0.15, 0.2) is 23.9 Å². The van der Waals surface area contributed by atoms with E-state index in [0.29, 0.717) is 32.5 Å². The summed E-state index contributed by atoms with van der Waals surface area (Å²) in [6.07, 6.45) is 9.22. The van der Waals surface area contributed by atoms with Gasteiger partial charge in [0.05, 0.1) is 11.8 Å². The molecule has 2 heterocycles. The van der Waals surface area contributed by atoms with Gasteiger partial charge in [-0.25, -0.2) is 0 Å². The number of hydrogen-bond donors (Lipinski definition) is 1. The number of amides is 2. The molecule has 2 aliphatic heterocycles. The van der Waals surface area contributed by atoms with Crippen LogP contribution in [0.1, 0.15) is 32.1 Å². The summed E-state index contributed by atoms with van der Waals surface area (Å²) in [6, 6.07) is 0. The van der Waals surface area contributed by atoms with E-state index in [0.717, 1.165) is 18.5 Å². The SMILES string of the molecule is O=C(O)C1CCN(C(=O)C2CC(=O)N(C3=CCCC=C3)C2)CC1. The maximum absolute atomic E-state index is 12.6. The summed E-state index contributed by atoms with van der Waals surface area (Å²) in [6.45, 7) is 1.39. The van der Waals surface area contributed by atoms with Gasteiger partial charge in [-0.2, -0.15) is 0 Å². The van der Waals surface area contributed by atoms with Crippen molar-refractivity contribution in [2.75, 3.05) is 19.6 Å². The monoisotopic (exact) mass is 318 g/mol. The van der Waals surface area contributed by atoms with Crippen LogP contribution in [0.2, 0.25) is 0 Å². The van der Waals surface area contributed by atoms with Gasteiger partial charge in [0, 0.05) is 31.8 Å². The Morgan fingerprint density at radius 1 is 1.13 bits per heavy atom. The van der Waals surface area contributed by atoms with Crippen LogP contribution in [0.5, 0.6) is 0 Å². The Bertz CT molecular complexity index is 573. The number of carbonyl (C=O) groups is 3. The molecule has 1 unspecified atom stereocenters. The maximum Gasteiger partial charge on any atom is 0.306 e. The average Bonchev–Trinajstić information content (AvgIpc) is 2.97. The van der Waals surface area contributed by atoms with Gasteiger partial charge >= 0.3 is 5.97 Å². The van der Waals surface area contributed by atoms with E-state index in [1.54, 1.807) is 9.80 Å². The van der Waals surface area contributed by atoms with Gasteiger partial charge in [0.1, 0.15) is 0 Å². The Morgan fingerprint density at radius 2 is 1.87 bits per heavy atom. The lowest BCUT2D eigenvalue weighted by Crippen LogP contribution is -2.43. The minimum absolute atomic E-state index is 0.00146. The molecule has 2 amide bonds. The van der Waals surface area contributed by atoms with E-state index in [1.165, 1.54) is 0 Å². The zero-order chi connectivity index (χ0) is 16.4. The van der Waals surface area contributed by atoms with Crippen LogP contribution in [0.3, 0.4) is 0 Å². The highest BCUT2D eigenvalue weighted by molar-refractivity contribution is 5.90. The van der Waals surface area contributed by atoms with Crippen LogP contribution in [0, 0.1) is 11.8 Å². The second-order valence-corrected chi connectivity index (χ2v) is 6.45. The molecule has 0 spiro atoms. The number of carboxylic acids is 1. The second-order valence-electron chi connectivity index (χ2n) is 6.45. The molecule has 0 aromatic carbocycles. The molecule has 3 aliphatic rings. The zero-order valence-corrected chi connectivity index (χ0v) is 13.1. The van der Waals surface area contributed by atoms with Crippen LogP contribution >= 0.6 is 0 Å². The first-order valence-corrected chi connectivity index (χ1v) is 8.25. The fourth-order valence-electron chi connectivity index (χ4n) is 3.53. The number of allylic oxidation sites excluding steroid dienone is 3. The van der Waals surface area contributed by atoms with Crippen LogP contribution in [-0.2, 0) is 14.4 Å². The predicted octanol–water partition coefficient (Wildman–Crippen LogP) is 1.39. The third kappa shape index (κ3) is 3.30. The van der Waals surface area contributed by atoms with Crippen molar-refractivity contribution in [3.63, 3.8) is 0 Å². The van der Waals surface area contributed by atoms with Gasteiger partial charge in [-0.05, 0) is 31.8 Å². The lowest BCUT2D eigenvalue weighted by Gasteiger charge is -2.31. The van der Waals surface area contributed by atoms with E-state index in [1.807, 2.05) is 12.2 Å². The Kier molecular flexibility index (Phi) is 4.50. The molecule has 0 saturated carbocycles. The highest BCUT2D eigenvalue weighted by Gasteiger charge is 2.38. The molecular formula is C17H22N2O4. The normalized spacial score (nSPS) is 25.7. The summed E-state index contributed by atoms with van der Waals surface area (Å²) in [7, 11) is 0. The van der Waals surface area contributed by atoms with Crippen LogP contribution in [-0.4, -0.2) is 52.3 Å². The van der Waals surface area contributed by atoms with Crippen molar-refractivity contribution in [1.82, 2.24) is 9.80 Å². The number of rotatable bonds is 3. The summed E-state index contributed by atoms with van der Waals surface area (Å²) in [5.74, 6) is -1.44. The minimum Gasteiger partial charge on any atom is -0.481 e. The maximum atomic E-state index is 12.6. The average molecular weight is 318 g/mol. The third-order valence-corrected chi connectivity index (χ3v) is 4.92. The quantitative estimate of drug-likeness (QED) is 0.853. The number of nitrogens with zero attached hydrogens (tertiary/aromatic N) is 2. The molecule has 1 N–H and O–H groups in total. The minimum atomic E-state index is -0.782. The molecule has 6 nitrogen and oxygen atoms in total. The molecule has 23 heavy (non-hydrogen) atoms. The molecule has 1 aliphatic carbocycles. The summed E-state index contributed by atoms with van der Waals surface area (Å²) in [5, 5.41) is 9.02. The highest BCUT2D eigenvalue weighted by Crippen LogP contribution is 2.28. The fraction of sp³-hybridized carbons (Fsp3) is 0.588. The van der Waals surface area contributed by atoms with E-state index in [2.05, 4.69) is 6.08 Å². The fourth-order valence-corrected chi connectivity index (χ4v) is 3.53. The number of piperidine rings is 1. The first-order valence-electron chi connectivity index (χ1n) is 8.25. The van der Waals surface area contributed by atoms with Gasteiger partial charge in [0.25, 0.3) is 0 Å². The Morgan fingerprint density at radius 3 is 2.48 bits per heavy atom. The van der Waals surface area contributed by atoms with Crippen molar-refractivity contribution in [3.05, 3.63) is 23.9 Å². The van der Waals surface area contributed by atoms with E-state index >= 15 is 0 Å². The molecule has 3 rings (SSSR count). The van der Waals surface area contributed by atoms with E-state index in [-0.39, 0.29) is 30.1 Å². The molecule has 2 saturated heterocycles. The summed E-state index contributed by atoms with van der Waals surface area (Å²) in [5.41, 5.74) is 0.904. The molecule has 0 aromatic heterocycles. The Hall–Kier alpha value is -2.11. The standard InChI is InChI=1S/C17H22N2O4/c20-15-10-13(11-19(15)14-4-2-1-3-5-14)16(21)18-8-6-12(7-9-18)17(22)23/h2,4-5,12-13H,1,3,6-11H2,(H,22,23). The molecule has 124 valence electrons. The Balaban J connectivity index is 1.59. The smallest absolute Gasteiger partial charge is 0.306 e. The zero-order valence-electron chi connectivity index (χ0n) is 13.1. The number of carbonyl (C=O) groups excluding carboxylic acids is 2. The molecular weight excluding hydrogens is 296 g/mol. The van der Waals surface area contributed by atoms with Gasteiger partial charge in [-0.1, -0.05) is 12.2 Å². The first kappa shape index (κ1) is 15.8. The summed E-state index contributed by atoms with van der Waals surface area (Å²) < 4.78 is 0. The van der Waals surface area contributed by atoms with Gasteiger partial charge in [-0.3, -0.25) is 14.4 Å². The van der Waals surface area contributed by atoms with Crippen LogP contribution < -0.4 is 0 Å². The van der Waals surface area contributed by atoms with Crippen molar-refractivity contribution in [3.8, 4) is 0 Å². The lowest BCUT2D eigenvalue weighted by atomic mass is 9.95. The first-order chi connectivity index (χ1) is 11.1. The number of likely N-dealkylation sites (tertiary alicyclic amines) is 2. The molecule has 6 heteroatoms. The molecule has 0 bridgehead atoms. The number of aliphatic carboxylic acids is 1. The van der Waals surface area contributed by atoms with Crippen LogP contribution in [0.4, 0.5) is 0 Å². The lowest BCUT2D eigenvalue weighted by molar-refractivity contribution is -0.146. The van der Waals surface area contributed by atoms with Gasteiger partial charge in [0.15, 0.2) is 0 Å². The molecule has 0 aromatic rings. The molecule has 0 radical (unpaired) electrons. The highest BCUT2D eigenvalue weighted by atomic mass is 16.4. The van der Waals surface area contributed by atoms with Crippen molar-refractivity contribution < 1.29 is 19.5 Å². The van der Waals surface area contributed by atoms with E-state index < -0.39 is 5.97 Å². The third-order valence-electron chi connectivity index (χ3n) is 4.92.